The second-order valence-electron chi connectivity index (χ2n) is 2.45. The van der Waals surface area contributed by atoms with Gasteiger partial charge in [0.05, 0.1) is 12.3 Å². The lowest BCUT2D eigenvalue weighted by Crippen LogP contribution is -1.89. The van der Waals surface area contributed by atoms with E-state index in [1.165, 1.54) is 0 Å². The lowest BCUT2D eigenvalue weighted by atomic mass is 10.2. The molecular formula is C10H8O4. The molecule has 0 aliphatic carbocycles. The molecular weight excluding hydrogens is 184 g/mol. The fraction of sp³-hybridized carbons (Fsp3) is 0. The van der Waals surface area contributed by atoms with Crippen molar-refractivity contribution in [3.63, 3.8) is 0 Å². The summed E-state index contributed by atoms with van der Waals surface area (Å²) < 4.78 is 4.94. The molecule has 0 atom stereocenters. The highest BCUT2D eigenvalue weighted by Gasteiger charge is 1.92. The molecule has 0 saturated carbocycles. The molecule has 0 aliphatic rings. The number of hydrogen-bond donors (Lipinski definition) is 1. The maximum atomic E-state index is 10.3. The Labute approximate surface area is 80.4 Å². The third-order valence-electron chi connectivity index (χ3n) is 1.43. The normalized spacial score (nSPS) is 10.0. The minimum Gasteiger partial charge on any atom is -0.478 e. The fourth-order valence-corrected chi connectivity index (χ4v) is 0.796. The monoisotopic (exact) mass is 192 g/mol. The fourth-order valence-electron chi connectivity index (χ4n) is 0.796. The quantitative estimate of drug-likeness (QED) is 0.445. The van der Waals surface area contributed by atoms with Crippen molar-refractivity contribution in [2.24, 2.45) is 0 Å². The Morgan fingerprint density at radius 3 is 2.43 bits per heavy atom. The van der Waals surface area contributed by atoms with Crippen LogP contribution in [0.3, 0.4) is 0 Å². The van der Waals surface area contributed by atoms with Crippen LogP contribution in [0.15, 0.2) is 36.6 Å². The van der Waals surface area contributed by atoms with Gasteiger partial charge in [0.1, 0.15) is 12.0 Å². The first kappa shape index (κ1) is 9.98. The molecule has 4 nitrogen and oxygen atoms in total. The first-order valence-electron chi connectivity index (χ1n) is 3.84. The molecule has 14 heavy (non-hydrogen) atoms. The molecule has 0 heterocycles. The van der Waals surface area contributed by atoms with Crippen LogP contribution in [0.1, 0.15) is 10.4 Å². The molecule has 1 N–H and O–H groups in total. The van der Waals surface area contributed by atoms with Crippen LogP contribution in [0.25, 0.3) is 0 Å². The molecule has 0 saturated heterocycles. The minimum atomic E-state index is -1.07. The lowest BCUT2D eigenvalue weighted by Gasteiger charge is -1.98. The largest absolute Gasteiger partial charge is 0.478 e. The number of carbonyl (C=O) groups is 2. The van der Waals surface area contributed by atoms with Crippen molar-refractivity contribution in [1.82, 2.24) is 0 Å². The zero-order chi connectivity index (χ0) is 10.4. The molecule has 4 heteroatoms. The van der Waals surface area contributed by atoms with Gasteiger partial charge in [0.15, 0.2) is 0 Å². The van der Waals surface area contributed by atoms with Gasteiger partial charge in [-0.15, -0.1) is 0 Å². The van der Waals surface area contributed by atoms with Gasteiger partial charge in [-0.2, -0.15) is 0 Å². The summed E-state index contributed by atoms with van der Waals surface area (Å²) in [5.74, 6) is -0.595. The van der Waals surface area contributed by atoms with Crippen LogP contribution in [-0.2, 0) is 4.79 Å². The predicted octanol–water partition coefficient (Wildman–Crippen LogP) is 1.48. The Kier molecular flexibility index (Phi) is 3.43. The van der Waals surface area contributed by atoms with Crippen molar-refractivity contribution in [3.8, 4) is 5.75 Å². The summed E-state index contributed by atoms with van der Waals surface area (Å²) in [5.41, 5.74) is 0.541. The Morgan fingerprint density at radius 1 is 1.29 bits per heavy atom. The SMILES string of the molecule is O=Cc1ccc(OC=CC(=O)O)cc1. The first-order chi connectivity index (χ1) is 6.72. The van der Waals surface area contributed by atoms with E-state index >= 15 is 0 Å². The van der Waals surface area contributed by atoms with Crippen molar-refractivity contribution < 1.29 is 19.4 Å². The summed E-state index contributed by atoms with van der Waals surface area (Å²) in [5, 5.41) is 8.26. The molecule has 0 aromatic heterocycles. The number of aliphatic carboxylic acids is 1. The smallest absolute Gasteiger partial charge is 0.331 e. The van der Waals surface area contributed by atoms with Crippen LogP contribution in [0.4, 0.5) is 0 Å². The maximum Gasteiger partial charge on any atom is 0.331 e. The maximum absolute atomic E-state index is 10.3. The molecule has 0 spiro atoms. The molecule has 0 radical (unpaired) electrons. The van der Waals surface area contributed by atoms with Crippen LogP contribution in [0, 0.1) is 0 Å². The summed E-state index contributed by atoms with van der Waals surface area (Å²) in [6.45, 7) is 0. The average molecular weight is 192 g/mol. The van der Waals surface area contributed by atoms with E-state index in [9.17, 15) is 9.59 Å². The molecule has 0 bridgehead atoms. The van der Waals surface area contributed by atoms with E-state index in [1.807, 2.05) is 0 Å². The van der Waals surface area contributed by atoms with Gasteiger partial charge in [0.2, 0.25) is 0 Å². The van der Waals surface area contributed by atoms with Gasteiger partial charge in [-0.25, -0.2) is 4.79 Å². The Hall–Kier alpha value is -2.10. The summed E-state index contributed by atoms with van der Waals surface area (Å²) >= 11 is 0. The van der Waals surface area contributed by atoms with Crippen LogP contribution in [0.2, 0.25) is 0 Å². The Balaban J connectivity index is 2.60. The van der Waals surface area contributed by atoms with Gasteiger partial charge in [0.25, 0.3) is 0 Å². The van der Waals surface area contributed by atoms with Crippen LogP contribution in [-0.4, -0.2) is 17.4 Å². The zero-order valence-electron chi connectivity index (χ0n) is 7.21. The number of ether oxygens (including phenoxy) is 1. The minimum absolute atomic E-state index is 0.480. The molecule has 0 fully saturated rings. The van der Waals surface area contributed by atoms with Crippen molar-refractivity contribution in [3.05, 3.63) is 42.2 Å². The summed E-state index contributed by atoms with van der Waals surface area (Å²) in [4.78, 5) is 20.4. The first-order valence-corrected chi connectivity index (χ1v) is 3.84. The Morgan fingerprint density at radius 2 is 1.93 bits per heavy atom. The molecule has 1 aromatic rings. The van der Waals surface area contributed by atoms with E-state index in [-0.39, 0.29) is 0 Å². The predicted molar refractivity (Wildman–Crippen MR) is 49.2 cm³/mol. The van der Waals surface area contributed by atoms with E-state index in [0.717, 1.165) is 18.6 Å². The van der Waals surface area contributed by atoms with E-state index in [1.54, 1.807) is 24.3 Å². The number of rotatable bonds is 4. The summed E-state index contributed by atoms with van der Waals surface area (Å²) in [7, 11) is 0. The highest BCUT2D eigenvalue weighted by atomic mass is 16.5. The van der Waals surface area contributed by atoms with E-state index in [0.29, 0.717) is 11.3 Å². The number of benzene rings is 1. The molecule has 72 valence electrons. The van der Waals surface area contributed by atoms with Gasteiger partial charge in [-0.3, -0.25) is 4.79 Å². The van der Waals surface area contributed by atoms with Crippen LogP contribution in [0.5, 0.6) is 5.75 Å². The van der Waals surface area contributed by atoms with E-state index in [2.05, 4.69) is 0 Å². The number of hydrogen-bond acceptors (Lipinski definition) is 3. The standard InChI is InChI=1S/C10H8O4/c11-7-8-1-3-9(4-2-8)14-6-5-10(12)13/h1-7H,(H,12,13). The Bertz CT molecular complexity index is 351. The second-order valence-corrected chi connectivity index (χ2v) is 2.45. The highest BCUT2D eigenvalue weighted by Crippen LogP contribution is 2.10. The van der Waals surface area contributed by atoms with Crippen molar-refractivity contribution in [1.29, 1.82) is 0 Å². The highest BCUT2D eigenvalue weighted by molar-refractivity contribution is 5.79. The molecule has 1 rings (SSSR count). The molecule has 0 aliphatic heterocycles. The van der Waals surface area contributed by atoms with Crippen molar-refractivity contribution >= 4 is 12.3 Å². The molecule has 0 unspecified atom stereocenters. The third-order valence-corrected chi connectivity index (χ3v) is 1.43. The molecule has 1 aromatic carbocycles. The van der Waals surface area contributed by atoms with Gasteiger partial charge < -0.3 is 9.84 Å². The topological polar surface area (TPSA) is 63.6 Å². The second kappa shape index (κ2) is 4.81. The van der Waals surface area contributed by atoms with E-state index < -0.39 is 5.97 Å². The van der Waals surface area contributed by atoms with Crippen LogP contribution < -0.4 is 4.74 Å². The van der Waals surface area contributed by atoms with Gasteiger partial charge in [-0.1, -0.05) is 0 Å². The van der Waals surface area contributed by atoms with Gasteiger partial charge >= 0.3 is 5.97 Å². The zero-order valence-corrected chi connectivity index (χ0v) is 7.21. The number of carboxylic acids is 1. The van der Waals surface area contributed by atoms with Gasteiger partial charge in [-0.05, 0) is 24.3 Å². The van der Waals surface area contributed by atoms with Crippen molar-refractivity contribution in [2.75, 3.05) is 0 Å². The number of carbonyl (C=O) groups excluding carboxylic acids is 1. The number of carboxylic acid groups (broad SMARTS) is 1. The average Bonchev–Trinajstić information content (AvgIpc) is 2.18. The summed E-state index contributed by atoms with van der Waals surface area (Å²) in [6, 6.07) is 6.32. The van der Waals surface area contributed by atoms with Crippen molar-refractivity contribution in [2.45, 2.75) is 0 Å². The lowest BCUT2D eigenvalue weighted by molar-refractivity contribution is -0.131. The third kappa shape index (κ3) is 3.10. The molecule has 0 amide bonds. The van der Waals surface area contributed by atoms with E-state index in [4.69, 9.17) is 9.84 Å². The summed E-state index contributed by atoms with van der Waals surface area (Å²) in [6.07, 6.45) is 2.67. The van der Waals surface area contributed by atoms with Gasteiger partial charge in [0, 0.05) is 5.56 Å². The number of aldehydes is 1. The van der Waals surface area contributed by atoms with Crippen LogP contribution >= 0.6 is 0 Å².